The van der Waals surface area contributed by atoms with Crippen LogP contribution in [0.2, 0.25) is 10.0 Å². The van der Waals surface area contributed by atoms with E-state index in [9.17, 15) is 0 Å². The van der Waals surface area contributed by atoms with Crippen LogP contribution in [0.15, 0.2) is 27.9 Å². The van der Waals surface area contributed by atoms with Crippen molar-refractivity contribution in [2.75, 3.05) is 26.4 Å². The summed E-state index contributed by atoms with van der Waals surface area (Å²) in [5.41, 5.74) is 0.392. The van der Waals surface area contributed by atoms with Gasteiger partial charge in [0.1, 0.15) is 35.7 Å². The summed E-state index contributed by atoms with van der Waals surface area (Å²) in [5.74, 6) is 6.45. The second kappa shape index (κ2) is 13.1. The first-order valence-electron chi connectivity index (χ1n) is 8.59. The molecule has 0 spiro atoms. The van der Waals surface area contributed by atoms with Crippen LogP contribution in [0.1, 0.15) is 27.7 Å². The highest BCUT2D eigenvalue weighted by molar-refractivity contribution is 6.55. The fourth-order valence-corrected chi connectivity index (χ4v) is 2.36. The van der Waals surface area contributed by atoms with Crippen LogP contribution in [-0.4, -0.2) is 37.7 Å². The van der Waals surface area contributed by atoms with Crippen molar-refractivity contribution in [1.82, 2.24) is 0 Å². The van der Waals surface area contributed by atoms with E-state index in [2.05, 4.69) is 17.0 Å². The first-order valence-corrected chi connectivity index (χ1v) is 10.1. The van der Waals surface area contributed by atoms with Crippen LogP contribution in [0, 0.1) is 11.8 Å². The van der Waals surface area contributed by atoms with E-state index in [1.54, 1.807) is 12.1 Å². The van der Waals surface area contributed by atoms with Crippen LogP contribution in [-0.2, 0) is 9.57 Å². The lowest BCUT2D eigenvalue weighted by molar-refractivity contribution is -0.000437. The van der Waals surface area contributed by atoms with Crippen molar-refractivity contribution in [1.29, 1.82) is 0 Å². The third-order valence-corrected chi connectivity index (χ3v) is 3.70. The first kappa shape index (κ1) is 25.7. The van der Waals surface area contributed by atoms with Gasteiger partial charge < -0.3 is 19.0 Å². The lowest BCUT2D eigenvalue weighted by Gasteiger charge is -2.15. The number of hydrogen-bond donors (Lipinski definition) is 0. The summed E-state index contributed by atoms with van der Waals surface area (Å²) < 4.78 is 16.5. The maximum atomic E-state index is 6.18. The Morgan fingerprint density at radius 2 is 1.69 bits per heavy atom. The van der Waals surface area contributed by atoms with E-state index in [-0.39, 0.29) is 29.9 Å². The Labute approximate surface area is 191 Å². The molecular formula is C20H23Cl4NO4. The van der Waals surface area contributed by atoms with Gasteiger partial charge in [0.15, 0.2) is 5.75 Å². The van der Waals surface area contributed by atoms with Gasteiger partial charge in [-0.25, -0.2) is 0 Å². The molecule has 0 aliphatic rings. The van der Waals surface area contributed by atoms with Crippen molar-refractivity contribution in [2.45, 2.75) is 33.3 Å². The van der Waals surface area contributed by atoms with E-state index >= 15 is 0 Å². The average molecular weight is 483 g/mol. The largest absolute Gasteiger partial charge is 0.489 e. The van der Waals surface area contributed by atoms with Gasteiger partial charge in [-0.2, -0.15) is 0 Å². The zero-order chi connectivity index (χ0) is 21.9. The third-order valence-electron chi connectivity index (χ3n) is 2.83. The molecule has 1 rings (SSSR count). The van der Waals surface area contributed by atoms with Crippen LogP contribution in [0.5, 0.6) is 11.5 Å². The minimum atomic E-state index is -0.333. The molecule has 0 bridgehead atoms. The van der Waals surface area contributed by atoms with Gasteiger partial charge in [-0.15, -0.1) is 0 Å². The van der Waals surface area contributed by atoms with Gasteiger partial charge >= 0.3 is 0 Å². The highest BCUT2D eigenvalue weighted by Gasteiger charge is 2.11. The van der Waals surface area contributed by atoms with Crippen LogP contribution in [0.3, 0.4) is 0 Å². The second-order valence-electron chi connectivity index (χ2n) is 6.69. The van der Waals surface area contributed by atoms with Gasteiger partial charge in [0, 0.05) is 12.1 Å². The van der Waals surface area contributed by atoms with Crippen molar-refractivity contribution in [3.8, 4) is 23.3 Å². The van der Waals surface area contributed by atoms with E-state index in [1.165, 1.54) is 6.08 Å². The molecule has 29 heavy (non-hydrogen) atoms. The third kappa shape index (κ3) is 12.1. The molecule has 1 aromatic carbocycles. The van der Waals surface area contributed by atoms with Crippen molar-refractivity contribution in [3.05, 3.63) is 32.7 Å². The monoisotopic (exact) mass is 481 g/mol. The summed E-state index contributed by atoms with van der Waals surface area (Å²) in [6.07, 6.45) is 1.50. The lowest BCUT2D eigenvalue weighted by Crippen LogP contribution is -2.17. The number of benzene rings is 1. The van der Waals surface area contributed by atoms with Gasteiger partial charge in [0.2, 0.25) is 0 Å². The Balaban J connectivity index is 2.42. The zero-order valence-electron chi connectivity index (χ0n) is 16.7. The molecule has 0 aliphatic carbocycles. The molecule has 0 fully saturated rings. The molecule has 9 heteroatoms. The molecule has 1 aromatic rings. The fraction of sp³-hybridized carbons (Fsp3) is 0.450. The fourth-order valence-electron chi connectivity index (χ4n) is 1.66. The summed E-state index contributed by atoms with van der Waals surface area (Å²) in [5, 5.41) is 4.59. The molecule has 0 saturated heterocycles. The molecule has 0 atom stereocenters. The van der Waals surface area contributed by atoms with Gasteiger partial charge in [-0.1, -0.05) is 63.4 Å². The lowest BCUT2D eigenvalue weighted by atomic mass is 10.2. The standard InChI is InChI=1S/C20H23Cl4NO4/c1-14(25-29-20(2,3)4)13-26-8-5-6-9-28-19-16(21)11-15(12-17(19)22)27-10-7-18(23)24/h7,11-12H,8-10,13H2,1-4H3/b25-14+. The number of halogens is 4. The smallest absolute Gasteiger partial charge is 0.158 e. The molecule has 0 amide bonds. The van der Waals surface area contributed by atoms with Crippen molar-refractivity contribution in [2.24, 2.45) is 5.16 Å². The molecule has 0 heterocycles. The molecule has 0 aliphatic heterocycles. The molecular weight excluding hydrogens is 460 g/mol. The Morgan fingerprint density at radius 3 is 2.28 bits per heavy atom. The SMILES string of the molecule is C/C(COCC#CCOc1c(Cl)cc(OCC=C(Cl)Cl)cc1Cl)=N\OC(C)(C)C. The summed E-state index contributed by atoms with van der Waals surface area (Å²) in [4.78, 5) is 5.30. The molecule has 0 N–H and O–H groups in total. The highest BCUT2D eigenvalue weighted by atomic mass is 35.5. The summed E-state index contributed by atoms with van der Waals surface area (Å²) >= 11 is 23.4. The second-order valence-corrected chi connectivity index (χ2v) is 8.51. The Hall–Kier alpha value is -1.29. The van der Waals surface area contributed by atoms with Crippen LogP contribution in [0.25, 0.3) is 0 Å². The predicted molar refractivity (Wildman–Crippen MR) is 120 cm³/mol. The van der Waals surface area contributed by atoms with Crippen molar-refractivity contribution in [3.63, 3.8) is 0 Å². The quantitative estimate of drug-likeness (QED) is 0.180. The van der Waals surface area contributed by atoms with E-state index in [4.69, 9.17) is 65.5 Å². The maximum Gasteiger partial charge on any atom is 0.158 e. The molecule has 160 valence electrons. The van der Waals surface area contributed by atoms with E-state index in [0.717, 1.165) is 5.71 Å². The minimum Gasteiger partial charge on any atom is -0.489 e. The summed E-state index contributed by atoms with van der Waals surface area (Å²) in [7, 11) is 0. The number of hydrogen-bond acceptors (Lipinski definition) is 5. The molecule has 0 unspecified atom stereocenters. The topological polar surface area (TPSA) is 49.3 Å². The van der Waals surface area contributed by atoms with Gasteiger partial charge in [0.05, 0.1) is 22.4 Å². The Kier molecular flexibility index (Phi) is 11.6. The van der Waals surface area contributed by atoms with Crippen LogP contribution in [0.4, 0.5) is 0 Å². The van der Waals surface area contributed by atoms with Gasteiger partial charge in [0.25, 0.3) is 0 Å². The normalized spacial score (nSPS) is 11.4. The van der Waals surface area contributed by atoms with Gasteiger partial charge in [-0.05, 0) is 33.8 Å². The average Bonchev–Trinajstić information content (AvgIpc) is 2.60. The van der Waals surface area contributed by atoms with Crippen molar-refractivity contribution < 1.29 is 19.0 Å². The minimum absolute atomic E-state index is 0.105. The van der Waals surface area contributed by atoms with Crippen LogP contribution >= 0.6 is 46.4 Å². The number of nitrogens with zero attached hydrogens (tertiary/aromatic N) is 1. The maximum absolute atomic E-state index is 6.18. The van der Waals surface area contributed by atoms with E-state index in [0.29, 0.717) is 28.2 Å². The number of oxime groups is 1. The molecule has 0 saturated carbocycles. The summed E-state index contributed by atoms with van der Waals surface area (Å²) in [6.45, 7) is 8.44. The first-order chi connectivity index (χ1) is 13.6. The van der Waals surface area contributed by atoms with Crippen molar-refractivity contribution >= 4 is 52.1 Å². The van der Waals surface area contributed by atoms with Crippen LogP contribution < -0.4 is 9.47 Å². The van der Waals surface area contributed by atoms with E-state index < -0.39 is 0 Å². The zero-order valence-corrected chi connectivity index (χ0v) is 19.7. The highest BCUT2D eigenvalue weighted by Crippen LogP contribution is 2.36. The number of ether oxygens (including phenoxy) is 3. The summed E-state index contributed by atoms with van der Waals surface area (Å²) in [6, 6.07) is 3.16. The molecule has 5 nitrogen and oxygen atoms in total. The molecule has 0 aromatic heterocycles. The predicted octanol–water partition coefficient (Wildman–Crippen LogP) is 6.28. The van der Waals surface area contributed by atoms with E-state index in [1.807, 2.05) is 27.7 Å². The molecule has 0 radical (unpaired) electrons. The number of rotatable bonds is 9. The van der Waals surface area contributed by atoms with Gasteiger partial charge in [-0.3, -0.25) is 0 Å². The Bertz CT molecular complexity index is 765. The Morgan fingerprint density at radius 1 is 1.07 bits per heavy atom.